The van der Waals surface area contributed by atoms with E-state index >= 15 is 0 Å². The minimum atomic E-state index is -0.256. The fourth-order valence-electron chi connectivity index (χ4n) is 1.57. The van der Waals surface area contributed by atoms with Crippen LogP contribution in [0.3, 0.4) is 0 Å². The topological polar surface area (TPSA) is 64.6 Å². The Labute approximate surface area is 129 Å². The normalized spacial score (nSPS) is 11.6. The van der Waals surface area contributed by atoms with Crippen molar-refractivity contribution in [3.63, 3.8) is 0 Å². The Balaban J connectivity index is 2.29. The Morgan fingerprint density at radius 3 is 2.48 bits per heavy atom. The summed E-state index contributed by atoms with van der Waals surface area (Å²) in [7, 11) is 2.97. The molecule has 0 saturated carbocycles. The third-order valence-corrected chi connectivity index (χ3v) is 4.05. The van der Waals surface area contributed by atoms with Crippen LogP contribution in [0.2, 0.25) is 0 Å². The molecule has 0 bridgehead atoms. The number of carbonyl (C=O) groups is 2. The maximum absolute atomic E-state index is 11.9. The zero-order valence-electron chi connectivity index (χ0n) is 12.5. The van der Waals surface area contributed by atoms with Gasteiger partial charge < -0.3 is 14.8 Å². The average Bonchev–Trinajstić information content (AvgIpc) is 2.52. The number of thioether (sulfide) groups is 1. The van der Waals surface area contributed by atoms with Gasteiger partial charge in [-0.2, -0.15) is 0 Å². The number of methoxy groups -OCH3 is 2. The van der Waals surface area contributed by atoms with Gasteiger partial charge in [0.1, 0.15) is 5.75 Å². The van der Waals surface area contributed by atoms with E-state index in [2.05, 4.69) is 10.1 Å². The van der Waals surface area contributed by atoms with Crippen LogP contribution in [0.25, 0.3) is 0 Å². The van der Waals surface area contributed by atoms with Gasteiger partial charge >= 0.3 is 5.97 Å². The molecule has 6 heteroatoms. The molecule has 0 aliphatic rings. The molecule has 1 aromatic rings. The second-order valence-electron chi connectivity index (χ2n) is 4.41. The summed E-state index contributed by atoms with van der Waals surface area (Å²) in [6, 6.07) is 7.54. The first-order valence-electron chi connectivity index (χ1n) is 6.66. The zero-order chi connectivity index (χ0) is 15.7. The van der Waals surface area contributed by atoms with Gasteiger partial charge in [-0.25, -0.2) is 0 Å². The second-order valence-corrected chi connectivity index (χ2v) is 5.85. The molecule has 1 N–H and O–H groups in total. The summed E-state index contributed by atoms with van der Waals surface area (Å²) < 4.78 is 9.63. The molecule has 0 aromatic heterocycles. The standard InChI is InChI=1S/C15H21NO4S/c1-11(21-9-8-14(17)20-3)15(18)16-10-12-4-6-13(19-2)7-5-12/h4-7,11H,8-10H2,1-3H3,(H,16,18)/t11-/m0/s1. The van der Waals surface area contributed by atoms with E-state index in [1.54, 1.807) is 7.11 Å². The molecule has 0 saturated heterocycles. The van der Waals surface area contributed by atoms with Gasteiger partial charge in [0.05, 0.1) is 25.9 Å². The van der Waals surface area contributed by atoms with Crippen molar-refractivity contribution < 1.29 is 19.1 Å². The highest BCUT2D eigenvalue weighted by Crippen LogP contribution is 2.13. The summed E-state index contributed by atoms with van der Waals surface area (Å²) in [6.45, 7) is 2.30. The van der Waals surface area contributed by atoms with E-state index in [1.807, 2.05) is 31.2 Å². The Bertz CT molecular complexity index is 461. The molecular formula is C15H21NO4S. The van der Waals surface area contributed by atoms with E-state index in [4.69, 9.17) is 4.74 Å². The van der Waals surface area contributed by atoms with Crippen LogP contribution in [-0.2, 0) is 20.9 Å². The number of amides is 1. The maximum Gasteiger partial charge on any atom is 0.306 e. The number of ether oxygens (including phenoxy) is 2. The largest absolute Gasteiger partial charge is 0.497 e. The zero-order valence-corrected chi connectivity index (χ0v) is 13.4. The van der Waals surface area contributed by atoms with Crippen LogP contribution in [0.4, 0.5) is 0 Å². The first-order valence-corrected chi connectivity index (χ1v) is 7.70. The van der Waals surface area contributed by atoms with Crippen molar-refractivity contribution in [1.82, 2.24) is 5.32 Å². The molecule has 1 rings (SSSR count). The van der Waals surface area contributed by atoms with E-state index in [0.29, 0.717) is 18.7 Å². The van der Waals surface area contributed by atoms with Crippen molar-refractivity contribution in [3.8, 4) is 5.75 Å². The number of hydrogen-bond donors (Lipinski definition) is 1. The fraction of sp³-hybridized carbons (Fsp3) is 0.467. The third-order valence-electron chi connectivity index (χ3n) is 2.90. The fourth-order valence-corrected chi connectivity index (χ4v) is 2.45. The minimum Gasteiger partial charge on any atom is -0.497 e. The van der Waals surface area contributed by atoms with Crippen molar-refractivity contribution >= 4 is 23.6 Å². The lowest BCUT2D eigenvalue weighted by atomic mass is 10.2. The molecule has 0 spiro atoms. The molecule has 0 unspecified atom stereocenters. The highest BCUT2D eigenvalue weighted by Gasteiger charge is 2.13. The molecule has 0 fully saturated rings. The molecule has 0 aliphatic carbocycles. The number of hydrogen-bond acceptors (Lipinski definition) is 5. The minimum absolute atomic E-state index is 0.0410. The summed E-state index contributed by atoms with van der Waals surface area (Å²) in [4.78, 5) is 22.9. The highest BCUT2D eigenvalue weighted by atomic mass is 32.2. The lowest BCUT2D eigenvalue weighted by Crippen LogP contribution is -2.30. The van der Waals surface area contributed by atoms with Gasteiger partial charge in [-0.15, -0.1) is 11.8 Å². The number of nitrogens with one attached hydrogen (secondary N) is 1. The van der Waals surface area contributed by atoms with E-state index in [-0.39, 0.29) is 17.1 Å². The van der Waals surface area contributed by atoms with Gasteiger partial charge in [0.2, 0.25) is 5.91 Å². The first-order chi connectivity index (χ1) is 10.1. The lowest BCUT2D eigenvalue weighted by molar-refractivity contribution is -0.140. The Morgan fingerprint density at radius 1 is 1.24 bits per heavy atom. The van der Waals surface area contributed by atoms with Gasteiger partial charge in [-0.05, 0) is 24.6 Å². The summed E-state index contributed by atoms with van der Waals surface area (Å²) >= 11 is 1.44. The predicted molar refractivity (Wildman–Crippen MR) is 83.4 cm³/mol. The predicted octanol–water partition coefficient (Wildman–Crippen LogP) is 2.00. The molecule has 0 aliphatic heterocycles. The molecule has 1 amide bonds. The van der Waals surface area contributed by atoms with Crippen LogP contribution in [0.1, 0.15) is 18.9 Å². The SMILES string of the molecule is COC(=O)CCS[C@@H](C)C(=O)NCc1ccc(OC)cc1. The first kappa shape index (κ1) is 17.4. The molecule has 116 valence electrons. The van der Waals surface area contributed by atoms with Crippen LogP contribution in [0.15, 0.2) is 24.3 Å². The van der Waals surface area contributed by atoms with Crippen molar-refractivity contribution in [2.24, 2.45) is 0 Å². The number of rotatable bonds is 8. The molecular weight excluding hydrogens is 290 g/mol. The van der Waals surface area contributed by atoms with E-state index in [9.17, 15) is 9.59 Å². The molecule has 0 radical (unpaired) electrons. The van der Waals surface area contributed by atoms with Gasteiger partial charge in [0.15, 0.2) is 0 Å². The van der Waals surface area contributed by atoms with E-state index in [0.717, 1.165) is 11.3 Å². The highest BCUT2D eigenvalue weighted by molar-refractivity contribution is 8.00. The maximum atomic E-state index is 11.9. The summed E-state index contributed by atoms with van der Waals surface area (Å²) in [6.07, 6.45) is 0.317. The number of esters is 1. The lowest BCUT2D eigenvalue weighted by Gasteiger charge is -2.12. The van der Waals surface area contributed by atoms with Gasteiger partial charge in [0, 0.05) is 12.3 Å². The quantitative estimate of drug-likeness (QED) is 0.744. The molecule has 5 nitrogen and oxygen atoms in total. The van der Waals surface area contributed by atoms with Gasteiger partial charge in [0.25, 0.3) is 0 Å². The smallest absolute Gasteiger partial charge is 0.306 e. The van der Waals surface area contributed by atoms with Crippen LogP contribution in [0, 0.1) is 0 Å². The molecule has 1 atom stereocenters. The Hall–Kier alpha value is -1.69. The van der Waals surface area contributed by atoms with Crippen molar-refractivity contribution in [1.29, 1.82) is 0 Å². The van der Waals surface area contributed by atoms with Gasteiger partial charge in [-0.1, -0.05) is 12.1 Å². The van der Waals surface area contributed by atoms with Crippen molar-refractivity contribution in [3.05, 3.63) is 29.8 Å². The van der Waals surface area contributed by atoms with E-state index in [1.165, 1.54) is 18.9 Å². The third kappa shape index (κ3) is 6.53. The van der Waals surface area contributed by atoms with Crippen LogP contribution < -0.4 is 10.1 Å². The van der Waals surface area contributed by atoms with Crippen molar-refractivity contribution in [2.75, 3.05) is 20.0 Å². The van der Waals surface area contributed by atoms with Crippen LogP contribution in [-0.4, -0.2) is 37.1 Å². The van der Waals surface area contributed by atoms with Crippen molar-refractivity contribution in [2.45, 2.75) is 25.1 Å². The average molecular weight is 311 g/mol. The Kier molecular flexibility index (Phi) is 7.68. The summed E-state index contributed by atoms with van der Waals surface area (Å²) in [5.41, 5.74) is 1.01. The molecule has 21 heavy (non-hydrogen) atoms. The van der Waals surface area contributed by atoms with Gasteiger partial charge in [-0.3, -0.25) is 9.59 Å². The van der Waals surface area contributed by atoms with Crippen LogP contribution >= 0.6 is 11.8 Å². The second kappa shape index (κ2) is 9.28. The van der Waals surface area contributed by atoms with Crippen LogP contribution in [0.5, 0.6) is 5.75 Å². The number of carbonyl (C=O) groups excluding carboxylic acids is 2. The molecule has 0 heterocycles. The number of benzene rings is 1. The summed E-state index contributed by atoms with van der Waals surface area (Å²) in [5.74, 6) is 1.06. The Morgan fingerprint density at radius 2 is 1.90 bits per heavy atom. The summed E-state index contributed by atoms with van der Waals surface area (Å²) in [5, 5.41) is 2.67. The molecule has 1 aromatic carbocycles. The van der Waals surface area contributed by atoms with E-state index < -0.39 is 0 Å². The monoisotopic (exact) mass is 311 g/mol.